The van der Waals surface area contributed by atoms with Gasteiger partial charge in [-0.15, -0.1) is 0 Å². The maximum atomic E-state index is 14.8. The lowest BCUT2D eigenvalue weighted by molar-refractivity contribution is -0.119. The predicted octanol–water partition coefficient (Wildman–Crippen LogP) is 0.561. The molecule has 2 aromatic rings. The minimum Gasteiger partial charge on any atom is -0.445 e. The summed E-state index contributed by atoms with van der Waals surface area (Å²) in [6.45, 7) is 3.17. The molecule has 0 spiro atoms. The van der Waals surface area contributed by atoms with E-state index in [0.29, 0.717) is 30.2 Å². The van der Waals surface area contributed by atoms with Crippen molar-refractivity contribution in [3.63, 3.8) is 0 Å². The fourth-order valence-corrected chi connectivity index (χ4v) is 3.89. The van der Waals surface area contributed by atoms with Crippen molar-refractivity contribution >= 4 is 23.7 Å². The number of carbonyl (C=O) groups excluding carboxylic acids is 3. The molecule has 3 rings (SSSR count). The molecule has 1 fully saturated rings. The lowest BCUT2D eigenvalue weighted by Crippen LogP contribution is -2.44. The molecule has 1 aliphatic rings. The maximum absolute atomic E-state index is 14.8. The van der Waals surface area contributed by atoms with E-state index in [1.807, 2.05) is 6.07 Å². The van der Waals surface area contributed by atoms with Crippen LogP contribution >= 0.6 is 0 Å². The van der Waals surface area contributed by atoms with Crippen LogP contribution in [-0.4, -0.2) is 68.6 Å². The number of ether oxygens (including phenoxy) is 2. The first kappa shape index (κ1) is 29.7. The molecule has 3 amide bonds. The molecule has 39 heavy (non-hydrogen) atoms. The zero-order valence-corrected chi connectivity index (χ0v) is 21.5. The lowest BCUT2D eigenvalue weighted by Gasteiger charge is -2.20. The Kier molecular flexibility index (Phi) is 10.5. The number of aromatic nitrogens is 2. The Morgan fingerprint density at radius 1 is 1.18 bits per heavy atom. The van der Waals surface area contributed by atoms with E-state index in [9.17, 15) is 33.8 Å². The van der Waals surface area contributed by atoms with Gasteiger partial charge < -0.3 is 35.6 Å². The second-order valence-electron chi connectivity index (χ2n) is 9.07. The first-order valence-electron chi connectivity index (χ1n) is 12.4. The number of aliphatic hydroxyl groups is 2. The topological polar surface area (TPSA) is 181 Å². The van der Waals surface area contributed by atoms with E-state index in [1.165, 1.54) is 13.8 Å². The van der Waals surface area contributed by atoms with Gasteiger partial charge in [0.2, 0.25) is 11.8 Å². The van der Waals surface area contributed by atoms with Crippen molar-refractivity contribution in [2.75, 3.05) is 11.9 Å². The third-order valence-electron chi connectivity index (χ3n) is 6.01. The van der Waals surface area contributed by atoms with Crippen LogP contribution in [0.15, 0.2) is 41.3 Å². The van der Waals surface area contributed by atoms with Crippen LogP contribution in [0.1, 0.15) is 44.9 Å². The van der Waals surface area contributed by atoms with Crippen LogP contribution in [0.3, 0.4) is 0 Å². The molecule has 1 aliphatic heterocycles. The Morgan fingerprint density at radius 3 is 2.54 bits per heavy atom. The Labute approximate surface area is 223 Å². The van der Waals surface area contributed by atoms with Gasteiger partial charge in [-0.2, -0.15) is 4.98 Å². The average Bonchev–Trinajstić information content (AvgIpc) is 3.15. The standard InChI is InChI=1S/C25H32FN5O8/c1-14-19(33)20(34)23(39-14)31-12-17(26)21(30-24(31)36)29-22(35)18(10-6-7-11-27-15(2)32)28-25(37)38-13-16-8-4-3-5-9-16/h3-5,8-9,12,14,18-20,23,33-34H,6-7,10-11,13H2,1-2H3,(H,27,32)(H,28,37)(H,29,30,35,36)/t14-,18?,19-,20-,23-/m1/s1. The summed E-state index contributed by atoms with van der Waals surface area (Å²) in [5, 5.41) is 27.2. The Bertz CT molecular complexity index is 1210. The zero-order chi connectivity index (χ0) is 28.5. The number of anilines is 1. The highest BCUT2D eigenvalue weighted by molar-refractivity contribution is 5.95. The molecule has 0 radical (unpaired) electrons. The van der Waals surface area contributed by atoms with Crippen LogP contribution in [-0.2, 0) is 25.7 Å². The molecular weight excluding hydrogens is 517 g/mol. The molecule has 0 aliphatic carbocycles. The third kappa shape index (κ3) is 8.30. The number of aliphatic hydroxyl groups excluding tert-OH is 2. The number of hydrogen-bond donors (Lipinski definition) is 5. The third-order valence-corrected chi connectivity index (χ3v) is 6.01. The molecular formula is C25H32FN5O8. The molecule has 1 unspecified atom stereocenters. The summed E-state index contributed by atoms with van der Waals surface area (Å²) in [5.74, 6) is -2.85. The summed E-state index contributed by atoms with van der Waals surface area (Å²) >= 11 is 0. The van der Waals surface area contributed by atoms with Gasteiger partial charge in [-0.3, -0.25) is 14.2 Å². The van der Waals surface area contributed by atoms with Gasteiger partial charge in [0.1, 0.15) is 24.9 Å². The van der Waals surface area contributed by atoms with Gasteiger partial charge in [-0.05, 0) is 31.7 Å². The first-order chi connectivity index (χ1) is 18.6. The Morgan fingerprint density at radius 2 is 1.90 bits per heavy atom. The summed E-state index contributed by atoms with van der Waals surface area (Å²) in [5.41, 5.74) is -0.312. The molecule has 212 valence electrons. The van der Waals surface area contributed by atoms with Gasteiger partial charge in [0.05, 0.1) is 12.3 Å². The number of nitrogens with one attached hydrogen (secondary N) is 3. The smallest absolute Gasteiger partial charge is 0.408 e. The molecule has 2 heterocycles. The lowest BCUT2D eigenvalue weighted by atomic mass is 10.1. The van der Waals surface area contributed by atoms with Crippen LogP contribution in [0.4, 0.5) is 15.0 Å². The molecule has 1 aromatic heterocycles. The normalized spacial score (nSPS) is 21.2. The van der Waals surface area contributed by atoms with Crippen LogP contribution in [0, 0.1) is 5.82 Å². The number of hydrogen-bond acceptors (Lipinski definition) is 9. The maximum Gasteiger partial charge on any atom is 0.408 e. The van der Waals surface area contributed by atoms with E-state index in [-0.39, 0.29) is 18.9 Å². The molecule has 0 saturated carbocycles. The van der Waals surface area contributed by atoms with Gasteiger partial charge in [-0.25, -0.2) is 14.0 Å². The van der Waals surface area contributed by atoms with Crippen molar-refractivity contribution in [3.8, 4) is 0 Å². The highest BCUT2D eigenvalue weighted by Crippen LogP contribution is 2.28. The van der Waals surface area contributed by atoms with E-state index in [1.54, 1.807) is 24.3 Å². The second-order valence-corrected chi connectivity index (χ2v) is 9.07. The van der Waals surface area contributed by atoms with Crippen LogP contribution in [0.5, 0.6) is 0 Å². The van der Waals surface area contributed by atoms with Crippen LogP contribution < -0.4 is 21.6 Å². The number of carbonyl (C=O) groups is 3. The van der Waals surface area contributed by atoms with Crippen molar-refractivity contribution in [1.82, 2.24) is 20.2 Å². The number of nitrogens with zero attached hydrogens (tertiary/aromatic N) is 2. The molecule has 14 heteroatoms. The van der Waals surface area contributed by atoms with Crippen molar-refractivity contribution in [1.29, 1.82) is 0 Å². The first-order valence-corrected chi connectivity index (χ1v) is 12.4. The van der Waals surface area contributed by atoms with E-state index in [2.05, 4.69) is 20.9 Å². The number of rotatable bonds is 11. The molecule has 0 bridgehead atoms. The number of alkyl carbamates (subject to hydrolysis) is 1. The van der Waals surface area contributed by atoms with Crippen molar-refractivity contribution in [3.05, 3.63) is 58.4 Å². The second kappa shape index (κ2) is 13.8. The summed E-state index contributed by atoms with van der Waals surface area (Å²) in [6, 6.07) is 7.70. The van der Waals surface area contributed by atoms with Gasteiger partial charge >= 0.3 is 11.8 Å². The van der Waals surface area contributed by atoms with E-state index in [0.717, 1.165) is 5.56 Å². The fraction of sp³-hybridized carbons (Fsp3) is 0.480. The molecule has 5 N–H and O–H groups in total. The number of amides is 3. The zero-order valence-electron chi connectivity index (χ0n) is 21.5. The summed E-state index contributed by atoms with van der Waals surface area (Å²) in [6.07, 6.45) is -4.12. The summed E-state index contributed by atoms with van der Waals surface area (Å²) in [7, 11) is 0. The van der Waals surface area contributed by atoms with Crippen LogP contribution in [0.2, 0.25) is 0 Å². The Balaban J connectivity index is 1.68. The molecule has 1 aromatic carbocycles. The number of unbranched alkanes of at least 4 members (excludes halogenated alkanes) is 1. The number of halogens is 1. The average molecular weight is 550 g/mol. The van der Waals surface area contributed by atoms with Crippen molar-refractivity contribution in [2.45, 2.75) is 70.3 Å². The highest BCUT2D eigenvalue weighted by atomic mass is 19.1. The van der Waals surface area contributed by atoms with Gasteiger partial charge in [-0.1, -0.05) is 30.3 Å². The van der Waals surface area contributed by atoms with Crippen LogP contribution in [0.25, 0.3) is 0 Å². The monoisotopic (exact) mass is 549 g/mol. The van der Waals surface area contributed by atoms with Crippen molar-refractivity contribution < 1.29 is 38.5 Å². The largest absolute Gasteiger partial charge is 0.445 e. The molecule has 5 atom stereocenters. The molecule has 1 saturated heterocycles. The predicted molar refractivity (Wildman–Crippen MR) is 135 cm³/mol. The van der Waals surface area contributed by atoms with Gasteiger partial charge in [0.15, 0.2) is 17.9 Å². The number of benzene rings is 1. The molecule has 13 nitrogen and oxygen atoms in total. The SMILES string of the molecule is CC(=O)NCCCCC(NC(=O)OCc1ccccc1)C(=O)Nc1nc(=O)n([C@@H]2O[C@H](C)[C@@H](O)[C@H]2O)cc1F. The summed E-state index contributed by atoms with van der Waals surface area (Å²) < 4.78 is 26.0. The quantitative estimate of drug-likeness (QED) is 0.250. The van der Waals surface area contributed by atoms with E-state index < -0.39 is 59.9 Å². The van der Waals surface area contributed by atoms with Gasteiger partial charge in [0, 0.05) is 13.5 Å². The van der Waals surface area contributed by atoms with Crippen molar-refractivity contribution in [2.24, 2.45) is 0 Å². The van der Waals surface area contributed by atoms with E-state index in [4.69, 9.17) is 9.47 Å². The Hall–Kier alpha value is -3.88. The minimum absolute atomic E-state index is 0.0413. The minimum atomic E-state index is -1.49. The van der Waals surface area contributed by atoms with E-state index >= 15 is 0 Å². The highest BCUT2D eigenvalue weighted by Gasteiger charge is 2.42. The fourth-order valence-electron chi connectivity index (χ4n) is 3.89. The van der Waals surface area contributed by atoms with Gasteiger partial charge in [0.25, 0.3) is 0 Å². The summed E-state index contributed by atoms with van der Waals surface area (Å²) in [4.78, 5) is 52.5.